The lowest BCUT2D eigenvalue weighted by molar-refractivity contribution is -0.139. The summed E-state index contributed by atoms with van der Waals surface area (Å²) in [7, 11) is 0. The maximum atomic E-state index is 13.7. The fraction of sp³-hybridized carbons (Fsp3) is 0.235. The van der Waals surface area contributed by atoms with E-state index in [1.54, 1.807) is 36.5 Å². The largest absolute Gasteiger partial charge is 0.508 e. The van der Waals surface area contributed by atoms with E-state index in [9.17, 15) is 24.6 Å². The molecule has 10 rings (SSSR count). The van der Waals surface area contributed by atoms with Crippen molar-refractivity contribution in [3.63, 3.8) is 0 Å². The second-order valence-corrected chi connectivity index (χ2v) is 17.2. The number of nitrogens with zero attached hydrogens (tertiary/aromatic N) is 4. The molecule has 1 saturated heterocycles. The van der Waals surface area contributed by atoms with Gasteiger partial charge < -0.3 is 30.0 Å². The molecule has 3 aromatic heterocycles. The predicted molar refractivity (Wildman–Crippen MR) is 246 cm³/mol. The lowest BCUT2D eigenvalue weighted by atomic mass is 9.94. The summed E-state index contributed by atoms with van der Waals surface area (Å²) >= 11 is 6.27. The molecule has 2 amide bonds. The van der Waals surface area contributed by atoms with Gasteiger partial charge >= 0.3 is 5.97 Å². The molecule has 0 bridgehead atoms. The van der Waals surface area contributed by atoms with E-state index < -0.39 is 17.9 Å². The fourth-order valence-electron chi connectivity index (χ4n) is 9.44. The summed E-state index contributed by atoms with van der Waals surface area (Å²) in [5.41, 5.74) is 9.19. The predicted octanol–water partition coefficient (Wildman–Crippen LogP) is 10.6. The number of phenolic OH excluding ortho intramolecular Hbond substituents is 1. The number of phenols is 1. The highest BCUT2D eigenvalue weighted by atomic mass is 35.5. The van der Waals surface area contributed by atoms with Crippen LogP contribution in [0.4, 0.5) is 0 Å². The quantitative estimate of drug-likeness (QED) is 0.107. The van der Waals surface area contributed by atoms with Gasteiger partial charge in [0.05, 0.1) is 22.2 Å². The van der Waals surface area contributed by atoms with Crippen LogP contribution in [-0.4, -0.2) is 71.5 Å². The Kier molecular flexibility index (Phi) is 10.6. The molecule has 1 aliphatic heterocycles. The average molecular weight is 857 g/mol. The van der Waals surface area contributed by atoms with Crippen LogP contribution in [0, 0.1) is 0 Å². The van der Waals surface area contributed by atoms with Gasteiger partial charge in [0.2, 0.25) is 0 Å². The van der Waals surface area contributed by atoms with E-state index in [2.05, 4.69) is 27.0 Å². The molecular weight excluding hydrogens is 812 g/mol. The number of halogens is 1. The molecule has 316 valence electrons. The average Bonchev–Trinajstić information content (AvgIpc) is 4.08. The van der Waals surface area contributed by atoms with Crippen LogP contribution < -0.4 is 5.32 Å². The van der Waals surface area contributed by atoms with E-state index in [0.717, 1.165) is 107 Å². The first-order valence-corrected chi connectivity index (χ1v) is 22.0. The number of H-pyrrole nitrogens is 1. The number of benzene rings is 5. The summed E-state index contributed by atoms with van der Waals surface area (Å²) in [6.45, 7) is 1.53. The monoisotopic (exact) mass is 856 g/mol. The van der Waals surface area contributed by atoms with Gasteiger partial charge in [-0.1, -0.05) is 55.1 Å². The number of aromatic nitrogens is 4. The van der Waals surface area contributed by atoms with Crippen molar-refractivity contribution in [2.75, 3.05) is 13.1 Å². The normalized spacial score (nSPS) is 15.0. The molecule has 1 aliphatic carbocycles. The number of rotatable bonds is 10. The number of aromatic hydroxyl groups is 1. The number of hydrogen-bond acceptors (Lipinski definition) is 6. The Hall–Kier alpha value is -6.98. The number of imidazole rings is 1. The van der Waals surface area contributed by atoms with Crippen molar-refractivity contribution in [1.29, 1.82) is 0 Å². The Morgan fingerprint density at radius 3 is 2.33 bits per heavy atom. The molecule has 2 fully saturated rings. The fourth-order valence-corrected chi connectivity index (χ4v) is 9.56. The molecule has 12 heteroatoms. The van der Waals surface area contributed by atoms with Gasteiger partial charge in [0, 0.05) is 75.3 Å². The van der Waals surface area contributed by atoms with Gasteiger partial charge in [-0.3, -0.25) is 9.59 Å². The van der Waals surface area contributed by atoms with Crippen molar-refractivity contribution >= 4 is 62.2 Å². The molecule has 8 aromatic rings. The van der Waals surface area contributed by atoms with Crippen molar-refractivity contribution in [2.24, 2.45) is 0 Å². The van der Waals surface area contributed by atoms with Crippen molar-refractivity contribution in [3.05, 3.63) is 137 Å². The molecule has 5 aromatic carbocycles. The van der Waals surface area contributed by atoms with E-state index in [-0.39, 0.29) is 24.1 Å². The molecule has 63 heavy (non-hydrogen) atoms. The van der Waals surface area contributed by atoms with Crippen molar-refractivity contribution in [2.45, 2.75) is 63.5 Å². The zero-order valence-corrected chi connectivity index (χ0v) is 35.2. The molecule has 0 radical (unpaired) electrons. The van der Waals surface area contributed by atoms with Crippen LogP contribution in [0.15, 0.2) is 115 Å². The van der Waals surface area contributed by atoms with Gasteiger partial charge in [-0.25, -0.2) is 14.8 Å². The third kappa shape index (κ3) is 7.89. The molecule has 2 aliphatic rings. The smallest absolute Gasteiger partial charge is 0.326 e. The minimum absolute atomic E-state index is 0.0276. The standard InChI is InChI=1S/C51H45ClN6O5/c52-36-14-8-30(9-15-36)39-17-10-34(50(61)57-22-4-5-23-57)25-41(39)44-19-11-31-24-32(12-18-42(31)54-44)48-55-45-26-33(13-21-47(45)58(48)37-6-2-1-3-7-37)49(60)56-46(51(62)63)27-35-29-53-43-20-16-38(59)28-40(35)43/h8-21,24-26,28-29,37,46,53,59H,1-7,22-23,27H2,(H,56,60)(H,62,63)/t46-/m0/s1. The summed E-state index contributed by atoms with van der Waals surface area (Å²) in [5.74, 6) is -0.779. The number of carboxylic acids is 1. The van der Waals surface area contributed by atoms with Crippen LogP contribution in [0.5, 0.6) is 5.75 Å². The van der Waals surface area contributed by atoms with Crippen molar-refractivity contribution in [3.8, 4) is 39.5 Å². The first kappa shape index (κ1) is 40.1. The van der Waals surface area contributed by atoms with Crippen LogP contribution in [0.25, 0.3) is 66.6 Å². The number of hydrogen-bond donors (Lipinski definition) is 4. The number of carbonyl (C=O) groups is 3. The molecule has 1 saturated carbocycles. The third-order valence-electron chi connectivity index (χ3n) is 12.7. The minimum Gasteiger partial charge on any atom is -0.508 e. The third-order valence-corrected chi connectivity index (χ3v) is 13.0. The van der Waals surface area contributed by atoms with E-state index in [1.165, 1.54) is 6.42 Å². The van der Waals surface area contributed by atoms with Gasteiger partial charge in [-0.05, 0) is 127 Å². The first-order valence-electron chi connectivity index (χ1n) is 21.6. The number of aliphatic carboxylic acids is 1. The van der Waals surface area contributed by atoms with E-state index in [0.29, 0.717) is 32.6 Å². The van der Waals surface area contributed by atoms with Gasteiger partial charge in [-0.2, -0.15) is 0 Å². The van der Waals surface area contributed by atoms with E-state index >= 15 is 0 Å². The van der Waals surface area contributed by atoms with Gasteiger partial charge in [0.15, 0.2) is 0 Å². The van der Waals surface area contributed by atoms with Crippen LogP contribution in [-0.2, 0) is 11.2 Å². The van der Waals surface area contributed by atoms with Crippen LogP contribution in [0.1, 0.15) is 77.3 Å². The number of carboxylic acid groups (broad SMARTS) is 1. The zero-order chi connectivity index (χ0) is 43.2. The SMILES string of the molecule is O=C(N[C@@H](Cc1c[nH]c2ccc(O)cc12)C(=O)O)c1ccc2c(c1)nc(-c1ccc3nc(-c4cc(C(=O)N5CCCC5)ccc4-c4ccc(Cl)cc4)ccc3c1)n2C1CCCCC1. The summed E-state index contributed by atoms with van der Waals surface area (Å²) < 4.78 is 2.31. The summed E-state index contributed by atoms with van der Waals surface area (Å²) in [6.07, 6.45) is 9.21. The highest BCUT2D eigenvalue weighted by Gasteiger charge is 2.27. The van der Waals surface area contributed by atoms with Gasteiger partial charge in [0.25, 0.3) is 11.8 Å². The second kappa shape index (κ2) is 16.7. The molecule has 4 N–H and O–H groups in total. The number of nitrogens with one attached hydrogen (secondary N) is 2. The number of fused-ring (bicyclic) bond motifs is 3. The topological polar surface area (TPSA) is 153 Å². The number of aromatic amines is 1. The lowest BCUT2D eigenvalue weighted by Gasteiger charge is -2.25. The Labute approximate surface area is 368 Å². The molecule has 0 spiro atoms. The van der Waals surface area contributed by atoms with Crippen molar-refractivity contribution in [1.82, 2.24) is 29.7 Å². The Bertz CT molecular complexity index is 3070. The summed E-state index contributed by atoms with van der Waals surface area (Å²) in [5, 5.41) is 25.2. The maximum absolute atomic E-state index is 13.7. The summed E-state index contributed by atoms with van der Waals surface area (Å²) in [6, 6.07) is 33.1. The van der Waals surface area contributed by atoms with Crippen LogP contribution in [0.3, 0.4) is 0 Å². The highest BCUT2D eigenvalue weighted by Crippen LogP contribution is 2.39. The molecular formula is C51H45ClN6O5. The summed E-state index contributed by atoms with van der Waals surface area (Å²) in [4.78, 5) is 55.1. The van der Waals surface area contributed by atoms with Crippen LogP contribution >= 0.6 is 11.6 Å². The zero-order valence-electron chi connectivity index (χ0n) is 34.5. The van der Waals surface area contributed by atoms with Crippen LogP contribution in [0.2, 0.25) is 5.02 Å². The number of carbonyl (C=O) groups excluding carboxylic acids is 2. The molecule has 11 nitrogen and oxygen atoms in total. The Morgan fingerprint density at radius 1 is 0.762 bits per heavy atom. The number of amides is 2. The van der Waals surface area contributed by atoms with Crippen molar-refractivity contribution < 1.29 is 24.6 Å². The molecule has 0 unspecified atom stereocenters. The molecule has 1 atom stereocenters. The number of likely N-dealkylation sites (tertiary alicyclic amines) is 1. The van der Waals surface area contributed by atoms with Gasteiger partial charge in [-0.15, -0.1) is 0 Å². The van der Waals surface area contributed by atoms with E-state index in [1.807, 2.05) is 71.6 Å². The van der Waals surface area contributed by atoms with Gasteiger partial charge in [0.1, 0.15) is 17.6 Å². The highest BCUT2D eigenvalue weighted by molar-refractivity contribution is 6.30. The maximum Gasteiger partial charge on any atom is 0.326 e. The number of pyridine rings is 1. The second-order valence-electron chi connectivity index (χ2n) is 16.8. The lowest BCUT2D eigenvalue weighted by Crippen LogP contribution is -2.42. The Balaban J connectivity index is 0.983. The Morgan fingerprint density at radius 2 is 1.54 bits per heavy atom. The molecule has 4 heterocycles. The minimum atomic E-state index is -1.21. The van der Waals surface area contributed by atoms with E-state index in [4.69, 9.17) is 21.6 Å². The first-order chi connectivity index (χ1) is 30.7.